The second-order valence-electron chi connectivity index (χ2n) is 8.29. The van der Waals surface area contributed by atoms with E-state index in [9.17, 15) is 13.2 Å². The quantitative estimate of drug-likeness (QED) is 0.466. The first kappa shape index (κ1) is 22.7. The summed E-state index contributed by atoms with van der Waals surface area (Å²) in [4.78, 5) is 13.6. The van der Waals surface area contributed by atoms with E-state index in [0.29, 0.717) is 52.2 Å². The highest BCUT2D eigenvalue weighted by Crippen LogP contribution is 2.35. The van der Waals surface area contributed by atoms with Gasteiger partial charge in [-0.1, -0.05) is 17.7 Å². The minimum atomic E-state index is -3.42. The highest BCUT2D eigenvalue weighted by molar-refractivity contribution is 7.90. The third-order valence-corrected chi connectivity index (χ3v) is 6.86. The SMILES string of the molecule is CCOc1cc([C@H](CS(C)(=O)=O)n2c(=O)n(CC3CC3)c3cc(Cl)ccc32)ccc1OC. The molecule has 0 spiro atoms. The monoisotopic (exact) mass is 478 g/mol. The van der Waals surface area contributed by atoms with Crippen LogP contribution < -0.4 is 15.2 Å². The van der Waals surface area contributed by atoms with Crippen LogP contribution in [0.3, 0.4) is 0 Å². The largest absolute Gasteiger partial charge is 0.493 e. The van der Waals surface area contributed by atoms with Crippen molar-refractivity contribution in [1.82, 2.24) is 9.13 Å². The number of imidazole rings is 1. The summed E-state index contributed by atoms with van der Waals surface area (Å²) in [6.45, 7) is 2.89. The zero-order valence-electron chi connectivity index (χ0n) is 18.4. The van der Waals surface area contributed by atoms with Crippen LogP contribution in [-0.4, -0.2) is 43.3 Å². The van der Waals surface area contributed by atoms with E-state index in [4.69, 9.17) is 21.1 Å². The molecule has 0 saturated heterocycles. The molecular formula is C23H27ClN2O5S. The molecule has 9 heteroatoms. The van der Waals surface area contributed by atoms with E-state index in [1.807, 2.05) is 6.92 Å². The molecule has 4 rings (SSSR count). The van der Waals surface area contributed by atoms with Gasteiger partial charge in [-0.2, -0.15) is 0 Å². The van der Waals surface area contributed by atoms with Gasteiger partial charge in [0.2, 0.25) is 0 Å². The van der Waals surface area contributed by atoms with E-state index in [1.165, 1.54) is 6.26 Å². The summed E-state index contributed by atoms with van der Waals surface area (Å²) in [5.74, 6) is 1.29. The number of aromatic nitrogens is 2. The first-order valence-corrected chi connectivity index (χ1v) is 13.0. The fraction of sp³-hybridized carbons (Fsp3) is 0.435. The Balaban J connectivity index is 1.94. The maximum Gasteiger partial charge on any atom is 0.329 e. The van der Waals surface area contributed by atoms with E-state index in [1.54, 1.807) is 52.6 Å². The van der Waals surface area contributed by atoms with E-state index in [2.05, 4.69) is 0 Å². The fourth-order valence-electron chi connectivity index (χ4n) is 4.06. The molecule has 0 N–H and O–H groups in total. The maximum absolute atomic E-state index is 13.6. The normalized spacial score (nSPS) is 15.1. The average molecular weight is 479 g/mol. The predicted octanol–water partition coefficient (Wildman–Crippen LogP) is 3.91. The van der Waals surface area contributed by atoms with Gasteiger partial charge in [-0.05, 0) is 61.6 Å². The van der Waals surface area contributed by atoms with Gasteiger partial charge in [0.25, 0.3) is 0 Å². The van der Waals surface area contributed by atoms with Crippen molar-refractivity contribution in [3.8, 4) is 11.5 Å². The van der Waals surface area contributed by atoms with Crippen LogP contribution in [0.1, 0.15) is 31.4 Å². The predicted molar refractivity (Wildman–Crippen MR) is 126 cm³/mol. The molecule has 0 radical (unpaired) electrons. The average Bonchev–Trinajstić information content (AvgIpc) is 3.51. The molecule has 0 bridgehead atoms. The van der Waals surface area contributed by atoms with Crippen LogP contribution >= 0.6 is 11.6 Å². The molecule has 1 fully saturated rings. The van der Waals surface area contributed by atoms with Gasteiger partial charge in [0.15, 0.2) is 11.5 Å². The standard InChI is InChI=1S/C23H27ClN2O5S/c1-4-31-22-11-16(7-10-21(22)30-2)20(14-32(3,28)29)26-18-9-8-17(24)12-19(18)25(23(26)27)13-15-5-6-15/h7-12,15,20H,4-6,13-14H2,1-3H3/t20-/m0/s1. The lowest BCUT2D eigenvalue weighted by atomic mass is 10.1. The summed E-state index contributed by atoms with van der Waals surface area (Å²) in [5, 5.41) is 0.530. The Morgan fingerprint density at radius 1 is 1.12 bits per heavy atom. The van der Waals surface area contributed by atoms with Gasteiger partial charge >= 0.3 is 5.69 Å². The molecule has 1 saturated carbocycles. The molecule has 7 nitrogen and oxygen atoms in total. The summed E-state index contributed by atoms with van der Waals surface area (Å²) in [7, 11) is -1.88. The van der Waals surface area contributed by atoms with Crippen molar-refractivity contribution in [2.45, 2.75) is 32.4 Å². The van der Waals surface area contributed by atoms with Crippen molar-refractivity contribution < 1.29 is 17.9 Å². The van der Waals surface area contributed by atoms with Crippen LogP contribution in [-0.2, 0) is 16.4 Å². The van der Waals surface area contributed by atoms with Gasteiger partial charge in [0, 0.05) is 17.8 Å². The highest BCUT2D eigenvalue weighted by atomic mass is 35.5. The number of nitrogens with zero attached hydrogens (tertiary/aromatic N) is 2. The van der Waals surface area contributed by atoms with E-state index < -0.39 is 15.9 Å². The minimum Gasteiger partial charge on any atom is -0.493 e. The van der Waals surface area contributed by atoms with Gasteiger partial charge in [-0.3, -0.25) is 9.13 Å². The Morgan fingerprint density at radius 2 is 1.88 bits per heavy atom. The number of sulfone groups is 1. The summed E-state index contributed by atoms with van der Waals surface area (Å²) in [6, 6.07) is 9.82. The van der Waals surface area contributed by atoms with Crippen molar-refractivity contribution in [1.29, 1.82) is 0 Å². The van der Waals surface area contributed by atoms with Gasteiger partial charge in [0.1, 0.15) is 9.84 Å². The molecule has 3 aromatic rings. The fourth-order valence-corrected chi connectivity index (χ4v) is 5.15. The number of halogens is 1. The van der Waals surface area contributed by atoms with Crippen molar-refractivity contribution in [2.24, 2.45) is 5.92 Å². The number of rotatable bonds is 9. The molecule has 1 aliphatic rings. The van der Waals surface area contributed by atoms with E-state index >= 15 is 0 Å². The van der Waals surface area contributed by atoms with E-state index in [-0.39, 0.29) is 11.4 Å². The molecule has 1 atom stereocenters. The number of hydrogen-bond donors (Lipinski definition) is 0. The second kappa shape index (κ2) is 8.83. The van der Waals surface area contributed by atoms with Crippen LogP contribution in [0.5, 0.6) is 11.5 Å². The second-order valence-corrected chi connectivity index (χ2v) is 10.9. The number of methoxy groups -OCH3 is 1. The molecule has 172 valence electrons. The molecule has 1 aliphatic carbocycles. The van der Waals surface area contributed by atoms with Crippen molar-refractivity contribution in [3.05, 3.63) is 57.5 Å². The molecule has 32 heavy (non-hydrogen) atoms. The van der Waals surface area contributed by atoms with Crippen LogP contribution in [0, 0.1) is 5.92 Å². The van der Waals surface area contributed by atoms with Crippen LogP contribution in [0.4, 0.5) is 0 Å². The lowest BCUT2D eigenvalue weighted by Crippen LogP contribution is -2.32. The summed E-state index contributed by atoms with van der Waals surface area (Å²) >= 11 is 6.25. The number of ether oxygens (including phenoxy) is 2. The minimum absolute atomic E-state index is 0.226. The first-order chi connectivity index (χ1) is 15.2. The molecule has 0 aliphatic heterocycles. The Labute approximate surface area is 192 Å². The highest BCUT2D eigenvalue weighted by Gasteiger charge is 2.29. The molecule has 1 aromatic heterocycles. The van der Waals surface area contributed by atoms with Crippen molar-refractivity contribution in [3.63, 3.8) is 0 Å². The zero-order chi connectivity index (χ0) is 23.0. The van der Waals surface area contributed by atoms with Crippen LogP contribution in [0.15, 0.2) is 41.2 Å². The van der Waals surface area contributed by atoms with Gasteiger partial charge < -0.3 is 9.47 Å². The smallest absolute Gasteiger partial charge is 0.329 e. The Hall–Kier alpha value is -2.45. The number of fused-ring (bicyclic) bond motifs is 1. The maximum atomic E-state index is 13.6. The first-order valence-electron chi connectivity index (χ1n) is 10.6. The Kier molecular flexibility index (Phi) is 6.27. The van der Waals surface area contributed by atoms with Crippen molar-refractivity contribution >= 4 is 32.5 Å². The Morgan fingerprint density at radius 3 is 2.50 bits per heavy atom. The molecule has 0 amide bonds. The van der Waals surface area contributed by atoms with Gasteiger partial charge in [-0.25, -0.2) is 13.2 Å². The Bertz CT molecular complexity index is 1310. The molecule has 0 unspecified atom stereocenters. The van der Waals surface area contributed by atoms with Crippen molar-refractivity contribution in [2.75, 3.05) is 25.7 Å². The molecular weight excluding hydrogens is 452 g/mol. The lowest BCUT2D eigenvalue weighted by Gasteiger charge is -2.20. The van der Waals surface area contributed by atoms with Gasteiger partial charge in [-0.15, -0.1) is 0 Å². The summed E-state index contributed by atoms with van der Waals surface area (Å²) < 4.78 is 39.2. The summed E-state index contributed by atoms with van der Waals surface area (Å²) in [6.07, 6.45) is 3.35. The molecule has 1 heterocycles. The zero-order valence-corrected chi connectivity index (χ0v) is 19.9. The number of benzene rings is 2. The van der Waals surface area contributed by atoms with Crippen LogP contribution in [0.25, 0.3) is 11.0 Å². The topological polar surface area (TPSA) is 79.5 Å². The molecule has 2 aromatic carbocycles. The third kappa shape index (κ3) is 4.66. The third-order valence-electron chi connectivity index (χ3n) is 5.71. The van der Waals surface area contributed by atoms with Gasteiger partial charge in [0.05, 0.1) is 36.5 Å². The van der Waals surface area contributed by atoms with Crippen LogP contribution in [0.2, 0.25) is 5.02 Å². The lowest BCUT2D eigenvalue weighted by molar-refractivity contribution is 0.310. The van der Waals surface area contributed by atoms with E-state index in [0.717, 1.165) is 12.8 Å². The number of hydrogen-bond acceptors (Lipinski definition) is 5. The summed E-state index contributed by atoms with van der Waals surface area (Å²) in [5.41, 5.74) is 1.78.